The van der Waals surface area contributed by atoms with Gasteiger partial charge in [0, 0.05) is 36.3 Å². The number of phenolic OH excluding ortho intramolecular Hbond substituents is 1. The highest BCUT2D eigenvalue weighted by Gasteiger charge is 2.21. The third kappa shape index (κ3) is 3.89. The van der Waals surface area contributed by atoms with Gasteiger partial charge in [-0.3, -0.25) is 10.00 Å². The minimum Gasteiger partial charge on any atom is -0.508 e. The first-order chi connectivity index (χ1) is 16.5. The van der Waals surface area contributed by atoms with E-state index >= 15 is 4.39 Å². The Morgan fingerprint density at radius 1 is 1.21 bits per heavy atom. The molecule has 0 saturated carbocycles. The maximum absolute atomic E-state index is 15.5. The topological polar surface area (TPSA) is 101 Å². The van der Waals surface area contributed by atoms with Gasteiger partial charge in [0.05, 0.1) is 12.3 Å². The molecule has 0 fully saturated rings. The number of fused-ring (bicyclic) bond motifs is 1. The van der Waals surface area contributed by atoms with E-state index in [0.29, 0.717) is 34.4 Å². The first kappa shape index (κ1) is 22.3. The van der Waals surface area contributed by atoms with Gasteiger partial charge in [-0.05, 0) is 54.7 Å². The number of aliphatic hydroxyl groups excluding tert-OH is 1. The minimum atomic E-state index is -0.378. The summed E-state index contributed by atoms with van der Waals surface area (Å²) in [5.41, 5.74) is 5.00. The van der Waals surface area contributed by atoms with Crippen molar-refractivity contribution < 1.29 is 14.6 Å². The van der Waals surface area contributed by atoms with Crippen LogP contribution >= 0.6 is 0 Å². The molecule has 2 aromatic heterocycles. The monoisotopic (exact) mass is 461 g/mol. The Labute approximate surface area is 197 Å². The highest BCUT2D eigenvalue weighted by atomic mass is 19.1. The van der Waals surface area contributed by atoms with Crippen molar-refractivity contribution in [3.8, 4) is 28.4 Å². The van der Waals surface area contributed by atoms with E-state index < -0.39 is 0 Å². The second kappa shape index (κ2) is 9.04. The largest absolute Gasteiger partial charge is 0.508 e. The fourth-order valence-corrected chi connectivity index (χ4v) is 4.62. The Balaban J connectivity index is 1.46. The molecule has 0 bridgehead atoms. The smallest absolute Gasteiger partial charge is 0.159 e. The molecule has 1 atom stereocenters. The molecule has 176 valence electrons. The summed E-state index contributed by atoms with van der Waals surface area (Å²) in [4.78, 5) is 10.2. The van der Waals surface area contributed by atoms with Crippen LogP contribution in [0.1, 0.15) is 31.5 Å². The molecule has 1 aliphatic rings. The van der Waals surface area contributed by atoms with Crippen molar-refractivity contribution in [1.29, 1.82) is 0 Å². The molecule has 4 aromatic rings. The van der Waals surface area contributed by atoms with Crippen LogP contribution in [0.4, 0.5) is 4.39 Å². The van der Waals surface area contributed by atoms with Crippen LogP contribution in [0, 0.1) is 5.82 Å². The summed E-state index contributed by atoms with van der Waals surface area (Å²) in [5.74, 6) is 0.374. The van der Waals surface area contributed by atoms with Crippen LogP contribution in [-0.2, 0) is 6.42 Å². The fourth-order valence-electron chi connectivity index (χ4n) is 4.62. The van der Waals surface area contributed by atoms with Crippen LogP contribution in [-0.4, -0.2) is 61.0 Å². The first-order valence-electron chi connectivity index (χ1n) is 11.6. The number of nitrogens with one attached hydrogen (secondary N) is 2. The van der Waals surface area contributed by atoms with Gasteiger partial charge in [0.15, 0.2) is 11.6 Å². The summed E-state index contributed by atoms with van der Waals surface area (Å²) in [6, 6.07) is 8.74. The van der Waals surface area contributed by atoms with Gasteiger partial charge in [-0.25, -0.2) is 9.37 Å². The van der Waals surface area contributed by atoms with Crippen LogP contribution < -0.4 is 0 Å². The van der Waals surface area contributed by atoms with Crippen LogP contribution in [0.3, 0.4) is 0 Å². The van der Waals surface area contributed by atoms with E-state index in [1.807, 2.05) is 26.1 Å². The molecule has 4 N–H and O–H groups in total. The average molecular weight is 462 g/mol. The SMILES string of the molecule is CCc1cc(O)ccc1-c1ccc2c(-c3nc(C4=CCN(C(C)CO)CC4)c[nH]3)n[nH]c2c1F. The summed E-state index contributed by atoms with van der Waals surface area (Å²) < 4.78 is 15.5. The number of aryl methyl sites for hydroxylation is 1. The van der Waals surface area contributed by atoms with Crippen molar-refractivity contribution >= 4 is 16.5 Å². The predicted molar refractivity (Wildman–Crippen MR) is 131 cm³/mol. The van der Waals surface area contributed by atoms with Gasteiger partial charge in [0.2, 0.25) is 0 Å². The standard InChI is InChI=1S/C26H28FN5O2/c1-3-16-12-18(34)4-5-19(16)20-6-7-21-24(23(20)27)30-31-25(21)26-28-13-22(29-26)17-8-10-32(11-9-17)15(2)14-33/h4-8,12-13,15,33-34H,3,9-11,14H2,1-2H3,(H,28,29)(H,30,31). The fraction of sp³-hybridized carbons (Fsp3) is 0.308. The number of H-pyrrole nitrogens is 2. The van der Waals surface area contributed by atoms with Crippen molar-refractivity contribution in [2.24, 2.45) is 0 Å². The lowest BCUT2D eigenvalue weighted by Crippen LogP contribution is -2.38. The second-order valence-electron chi connectivity index (χ2n) is 8.76. The van der Waals surface area contributed by atoms with E-state index in [9.17, 15) is 10.2 Å². The minimum absolute atomic E-state index is 0.137. The van der Waals surface area contributed by atoms with Crippen molar-refractivity contribution in [1.82, 2.24) is 25.1 Å². The predicted octanol–water partition coefficient (Wildman–Crippen LogP) is 4.50. The number of benzene rings is 2. The van der Waals surface area contributed by atoms with Crippen molar-refractivity contribution in [3.05, 3.63) is 59.7 Å². The number of aliphatic hydroxyl groups is 1. The summed E-state index contributed by atoms with van der Waals surface area (Å²) in [5, 5.41) is 27.0. The zero-order valence-electron chi connectivity index (χ0n) is 19.3. The third-order valence-electron chi connectivity index (χ3n) is 6.70. The van der Waals surface area contributed by atoms with Gasteiger partial charge in [-0.1, -0.05) is 25.1 Å². The molecule has 0 amide bonds. The maximum Gasteiger partial charge on any atom is 0.159 e. The number of rotatable bonds is 6. The molecule has 7 nitrogen and oxygen atoms in total. The van der Waals surface area contributed by atoms with Crippen LogP contribution in [0.5, 0.6) is 5.75 Å². The highest BCUT2D eigenvalue weighted by Crippen LogP contribution is 2.35. The molecule has 0 saturated heterocycles. The van der Waals surface area contributed by atoms with Gasteiger partial charge in [0.1, 0.15) is 17.0 Å². The zero-order chi connectivity index (χ0) is 23.8. The molecular formula is C26H28FN5O2. The molecule has 3 heterocycles. The van der Waals surface area contributed by atoms with E-state index in [0.717, 1.165) is 41.9 Å². The summed E-state index contributed by atoms with van der Waals surface area (Å²) in [7, 11) is 0. The van der Waals surface area contributed by atoms with Crippen LogP contribution in [0.25, 0.3) is 39.1 Å². The Kier molecular flexibility index (Phi) is 5.93. The lowest BCUT2D eigenvalue weighted by molar-refractivity contribution is 0.145. The maximum atomic E-state index is 15.5. The van der Waals surface area contributed by atoms with E-state index in [1.165, 1.54) is 0 Å². The van der Waals surface area contributed by atoms with Crippen molar-refractivity contribution in [2.45, 2.75) is 32.7 Å². The van der Waals surface area contributed by atoms with Crippen LogP contribution in [0.15, 0.2) is 42.6 Å². The number of phenols is 1. The normalized spacial score (nSPS) is 15.6. The molecule has 0 radical (unpaired) electrons. The number of nitrogens with zero attached hydrogens (tertiary/aromatic N) is 3. The molecule has 1 aliphatic heterocycles. The summed E-state index contributed by atoms with van der Waals surface area (Å²) >= 11 is 0. The molecule has 1 unspecified atom stereocenters. The Hall–Kier alpha value is -3.49. The number of aromatic amines is 2. The molecular weight excluding hydrogens is 433 g/mol. The Bertz CT molecular complexity index is 1370. The Morgan fingerprint density at radius 3 is 2.76 bits per heavy atom. The van der Waals surface area contributed by atoms with E-state index in [4.69, 9.17) is 4.98 Å². The van der Waals surface area contributed by atoms with Gasteiger partial charge >= 0.3 is 0 Å². The lowest BCUT2D eigenvalue weighted by atomic mass is 9.96. The number of hydrogen-bond acceptors (Lipinski definition) is 5. The van der Waals surface area contributed by atoms with Gasteiger partial charge in [-0.15, -0.1) is 0 Å². The third-order valence-corrected chi connectivity index (χ3v) is 6.70. The lowest BCUT2D eigenvalue weighted by Gasteiger charge is -2.30. The average Bonchev–Trinajstić information content (AvgIpc) is 3.52. The van der Waals surface area contributed by atoms with E-state index in [1.54, 1.807) is 24.3 Å². The molecule has 2 aromatic carbocycles. The van der Waals surface area contributed by atoms with E-state index in [2.05, 4.69) is 26.2 Å². The number of imidazole rings is 1. The Morgan fingerprint density at radius 2 is 2.03 bits per heavy atom. The number of aromatic hydroxyl groups is 1. The molecule has 0 aliphatic carbocycles. The van der Waals surface area contributed by atoms with Crippen molar-refractivity contribution in [3.63, 3.8) is 0 Å². The van der Waals surface area contributed by atoms with E-state index in [-0.39, 0.29) is 24.2 Å². The van der Waals surface area contributed by atoms with Gasteiger partial charge < -0.3 is 15.2 Å². The number of hydrogen-bond donors (Lipinski definition) is 4. The zero-order valence-corrected chi connectivity index (χ0v) is 19.3. The highest BCUT2D eigenvalue weighted by molar-refractivity contribution is 5.94. The number of halogens is 1. The van der Waals surface area contributed by atoms with Crippen LogP contribution in [0.2, 0.25) is 0 Å². The first-order valence-corrected chi connectivity index (χ1v) is 11.6. The summed E-state index contributed by atoms with van der Waals surface area (Å²) in [6.45, 7) is 5.78. The molecule has 34 heavy (non-hydrogen) atoms. The van der Waals surface area contributed by atoms with Gasteiger partial charge in [0.25, 0.3) is 0 Å². The second-order valence-corrected chi connectivity index (χ2v) is 8.76. The van der Waals surface area contributed by atoms with Gasteiger partial charge in [-0.2, -0.15) is 5.10 Å². The summed E-state index contributed by atoms with van der Waals surface area (Å²) in [6.07, 6.45) is 5.53. The molecule has 5 rings (SSSR count). The quantitative estimate of drug-likeness (QED) is 0.339. The molecule has 0 spiro atoms. The number of aromatic nitrogens is 4. The molecule has 8 heteroatoms. The van der Waals surface area contributed by atoms with Crippen molar-refractivity contribution in [2.75, 3.05) is 19.7 Å².